The minimum Gasteiger partial charge on any atom is -0.452 e. The maximum absolute atomic E-state index is 12.3. The second-order valence-electron chi connectivity index (χ2n) is 6.72. The number of carbonyl (C=O) groups is 4. The molecule has 7 heteroatoms. The zero-order valence-corrected chi connectivity index (χ0v) is 16.1. The van der Waals surface area contributed by atoms with E-state index in [0.29, 0.717) is 24.1 Å². The van der Waals surface area contributed by atoms with Crippen LogP contribution in [0.25, 0.3) is 0 Å². The molecular weight excluding hydrogens is 372 g/mol. The van der Waals surface area contributed by atoms with Crippen LogP contribution in [-0.4, -0.2) is 47.8 Å². The zero-order chi connectivity index (χ0) is 20.8. The van der Waals surface area contributed by atoms with Crippen molar-refractivity contribution in [3.05, 3.63) is 71.3 Å². The van der Waals surface area contributed by atoms with Crippen LogP contribution in [0.1, 0.15) is 39.6 Å². The third-order valence-electron chi connectivity index (χ3n) is 4.65. The molecular formula is C22H22N2O5. The molecule has 0 radical (unpaired) electrons. The lowest BCUT2D eigenvalue weighted by atomic mass is 10.1. The van der Waals surface area contributed by atoms with Gasteiger partial charge < -0.3 is 10.1 Å². The van der Waals surface area contributed by atoms with Crippen molar-refractivity contribution in [2.24, 2.45) is 0 Å². The largest absolute Gasteiger partial charge is 0.452 e. The Labute approximate surface area is 168 Å². The quantitative estimate of drug-likeness (QED) is 0.546. The van der Waals surface area contributed by atoms with Gasteiger partial charge in [-0.1, -0.05) is 42.5 Å². The van der Waals surface area contributed by atoms with Crippen LogP contribution in [0.2, 0.25) is 0 Å². The summed E-state index contributed by atoms with van der Waals surface area (Å²) >= 11 is 0. The molecule has 0 bridgehead atoms. The molecule has 7 nitrogen and oxygen atoms in total. The van der Waals surface area contributed by atoms with E-state index >= 15 is 0 Å². The summed E-state index contributed by atoms with van der Waals surface area (Å²) in [5, 5.41) is 2.72. The van der Waals surface area contributed by atoms with E-state index in [0.717, 1.165) is 10.5 Å². The lowest BCUT2D eigenvalue weighted by molar-refractivity contribution is -0.154. The van der Waals surface area contributed by atoms with E-state index in [-0.39, 0.29) is 13.0 Å². The number of amides is 3. The highest BCUT2D eigenvalue weighted by atomic mass is 16.5. The lowest BCUT2D eigenvalue weighted by Crippen LogP contribution is -2.38. The average molecular weight is 394 g/mol. The minimum absolute atomic E-state index is 0.0898. The number of hydrogen-bond acceptors (Lipinski definition) is 5. The highest BCUT2D eigenvalue weighted by Crippen LogP contribution is 2.22. The van der Waals surface area contributed by atoms with Crippen molar-refractivity contribution in [3.63, 3.8) is 0 Å². The van der Waals surface area contributed by atoms with Crippen LogP contribution in [0.4, 0.5) is 0 Å². The summed E-state index contributed by atoms with van der Waals surface area (Å²) in [6.45, 7) is 1.82. The molecule has 0 unspecified atom stereocenters. The van der Waals surface area contributed by atoms with Crippen LogP contribution >= 0.6 is 0 Å². The molecule has 2 aromatic carbocycles. The van der Waals surface area contributed by atoms with Gasteiger partial charge in [0.15, 0.2) is 6.10 Å². The molecule has 1 aliphatic rings. The highest BCUT2D eigenvalue weighted by Gasteiger charge is 2.35. The van der Waals surface area contributed by atoms with Crippen LogP contribution in [0.3, 0.4) is 0 Å². The van der Waals surface area contributed by atoms with Gasteiger partial charge in [-0.25, -0.2) is 0 Å². The summed E-state index contributed by atoms with van der Waals surface area (Å²) in [5.41, 5.74) is 1.76. The zero-order valence-electron chi connectivity index (χ0n) is 16.1. The number of hydrogen-bond donors (Lipinski definition) is 1. The van der Waals surface area contributed by atoms with E-state index in [9.17, 15) is 19.2 Å². The summed E-state index contributed by atoms with van der Waals surface area (Å²) < 4.78 is 5.12. The molecule has 150 valence electrons. The van der Waals surface area contributed by atoms with E-state index in [1.807, 2.05) is 30.3 Å². The van der Waals surface area contributed by atoms with Crippen molar-refractivity contribution >= 4 is 23.7 Å². The lowest BCUT2D eigenvalue weighted by Gasteiger charge is -2.16. The number of fused-ring (bicyclic) bond motifs is 1. The van der Waals surface area contributed by atoms with E-state index < -0.39 is 29.8 Å². The number of esters is 1. The molecule has 0 spiro atoms. The first kappa shape index (κ1) is 20.3. The van der Waals surface area contributed by atoms with Gasteiger partial charge >= 0.3 is 5.97 Å². The second-order valence-corrected chi connectivity index (χ2v) is 6.72. The molecule has 0 saturated carbocycles. The first-order valence-electron chi connectivity index (χ1n) is 9.43. The Hall–Kier alpha value is -3.48. The fourth-order valence-electron chi connectivity index (χ4n) is 3.07. The number of benzene rings is 2. The molecule has 29 heavy (non-hydrogen) atoms. The molecule has 3 rings (SSSR count). The highest BCUT2D eigenvalue weighted by molar-refractivity contribution is 6.21. The summed E-state index contributed by atoms with van der Waals surface area (Å²) in [4.78, 5) is 49.7. The molecule has 3 amide bonds. The number of ether oxygens (including phenoxy) is 1. The monoisotopic (exact) mass is 394 g/mol. The van der Waals surface area contributed by atoms with Crippen LogP contribution in [0.5, 0.6) is 0 Å². The standard InChI is InChI=1S/C22H22N2O5/c1-15(20(26)23-13-11-16-7-3-2-4-8-16)29-19(25)12-14-24-21(27)17-9-5-6-10-18(17)22(24)28/h2-10,15H,11-14H2,1H3,(H,23,26)/t15-/m0/s1. The summed E-state index contributed by atoms with van der Waals surface area (Å²) in [6.07, 6.45) is -0.458. The summed E-state index contributed by atoms with van der Waals surface area (Å²) in [6, 6.07) is 16.2. The minimum atomic E-state index is -0.958. The van der Waals surface area contributed by atoms with Crippen LogP contribution < -0.4 is 5.32 Å². The van der Waals surface area contributed by atoms with Crippen LogP contribution in [-0.2, 0) is 20.7 Å². The number of imide groups is 1. The van der Waals surface area contributed by atoms with Crippen molar-refractivity contribution in [2.45, 2.75) is 25.9 Å². The fourth-order valence-corrected chi connectivity index (χ4v) is 3.07. The van der Waals surface area contributed by atoms with Crippen LogP contribution in [0.15, 0.2) is 54.6 Å². The Morgan fingerprint density at radius 2 is 1.55 bits per heavy atom. The third kappa shape index (κ3) is 4.87. The first-order chi connectivity index (χ1) is 14.0. The van der Waals surface area contributed by atoms with Crippen molar-refractivity contribution in [1.29, 1.82) is 0 Å². The maximum atomic E-state index is 12.3. The summed E-state index contributed by atoms with van der Waals surface area (Å²) in [7, 11) is 0. The van der Waals surface area contributed by atoms with Gasteiger partial charge in [0.05, 0.1) is 17.5 Å². The van der Waals surface area contributed by atoms with Gasteiger partial charge in [-0.3, -0.25) is 24.1 Å². The number of nitrogens with one attached hydrogen (secondary N) is 1. The topological polar surface area (TPSA) is 92.8 Å². The Balaban J connectivity index is 1.41. The van der Waals surface area contributed by atoms with Gasteiger partial charge in [0.1, 0.15) is 0 Å². The van der Waals surface area contributed by atoms with Crippen molar-refractivity contribution in [1.82, 2.24) is 10.2 Å². The Morgan fingerprint density at radius 3 is 2.17 bits per heavy atom. The van der Waals surface area contributed by atoms with Gasteiger partial charge in [0.2, 0.25) is 0 Å². The maximum Gasteiger partial charge on any atom is 0.308 e. The van der Waals surface area contributed by atoms with Gasteiger partial charge in [-0.15, -0.1) is 0 Å². The molecule has 1 heterocycles. The molecule has 1 atom stereocenters. The second kappa shape index (κ2) is 9.14. The average Bonchev–Trinajstić information content (AvgIpc) is 2.97. The van der Waals surface area contributed by atoms with Crippen molar-refractivity contribution in [2.75, 3.05) is 13.1 Å². The van der Waals surface area contributed by atoms with E-state index in [4.69, 9.17) is 4.74 Å². The van der Waals surface area contributed by atoms with E-state index in [1.54, 1.807) is 24.3 Å². The fraction of sp³-hybridized carbons (Fsp3) is 0.273. The van der Waals surface area contributed by atoms with Gasteiger partial charge in [0.25, 0.3) is 17.7 Å². The number of nitrogens with zero attached hydrogens (tertiary/aromatic N) is 1. The molecule has 0 aromatic heterocycles. The predicted molar refractivity (Wildman–Crippen MR) is 105 cm³/mol. The molecule has 0 fully saturated rings. The normalized spacial score (nSPS) is 13.8. The SMILES string of the molecule is C[C@H](OC(=O)CCN1C(=O)c2ccccc2C1=O)C(=O)NCCc1ccccc1. The van der Waals surface area contributed by atoms with Crippen molar-refractivity contribution < 1.29 is 23.9 Å². The Bertz CT molecular complexity index is 891. The van der Waals surface area contributed by atoms with Crippen LogP contribution in [0, 0.1) is 0 Å². The summed E-state index contributed by atoms with van der Waals surface area (Å²) in [5.74, 6) is -1.89. The van der Waals surface area contributed by atoms with Gasteiger partial charge in [-0.05, 0) is 31.0 Å². The Morgan fingerprint density at radius 1 is 0.966 bits per heavy atom. The predicted octanol–water partition coefficient (Wildman–Crippen LogP) is 1.96. The van der Waals surface area contributed by atoms with Crippen molar-refractivity contribution in [3.8, 4) is 0 Å². The number of rotatable bonds is 8. The molecule has 1 aliphatic heterocycles. The molecule has 0 saturated heterocycles. The third-order valence-corrected chi connectivity index (χ3v) is 4.65. The van der Waals surface area contributed by atoms with E-state index in [2.05, 4.69) is 5.32 Å². The molecule has 1 N–H and O–H groups in total. The molecule has 2 aromatic rings. The number of carbonyl (C=O) groups excluding carboxylic acids is 4. The molecule has 0 aliphatic carbocycles. The van der Waals surface area contributed by atoms with Gasteiger partial charge in [-0.2, -0.15) is 0 Å². The van der Waals surface area contributed by atoms with Gasteiger partial charge in [0, 0.05) is 13.1 Å². The van der Waals surface area contributed by atoms with E-state index in [1.165, 1.54) is 6.92 Å². The Kier molecular flexibility index (Phi) is 6.39. The first-order valence-corrected chi connectivity index (χ1v) is 9.43. The smallest absolute Gasteiger partial charge is 0.308 e.